The second kappa shape index (κ2) is 7.68. The summed E-state index contributed by atoms with van der Waals surface area (Å²) in [4.78, 5) is 14.9. The number of hydrogen-bond donors (Lipinski definition) is 1. The van der Waals surface area contributed by atoms with Crippen molar-refractivity contribution in [3.05, 3.63) is 59.9 Å². The maximum absolute atomic E-state index is 13.1. The minimum Gasteiger partial charge on any atom is -0.333 e. The molecule has 1 heterocycles. The lowest BCUT2D eigenvalue weighted by molar-refractivity contribution is 0.0512. The minimum atomic E-state index is -3.93. The number of likely N-dealkylation sites (tertiary alicyclic amines) is 1. The first-order valence-electron chi connectivity index (χ1n) is 8.99. The number of rotatable bonds is 4. The highest BCUT2D eigenvalue weighted by molar-refractivity contribution is 7.92. The van der Waals surface area contributed by atoms with E-state index in [1.54, 1.807) is 24.3 Å². The van der Waals surface area contributed by atoms with Crippen molar-refractivity contribution in [1.82, 2.24) is 4.90 Å². The van der Waals surface area contributed by atoms with Gasteiger partial charge in [0.2, 0.25) is 0 Å². The number of nitrogens with one attached hydrogen (secondary N) is 1. The Bertz CT molecular complexity index is 918. The highest BCUT2D eigenvalue weighted by Gasteiger charge is 2.31. The van der Waals surface area contributed by atoms with Crippen LogP contribution in [-0.2, 0) is 10.0 Å². The van der Waals surface area contributed by atoms with Gasteiger partial charge in [0.1, 0.15) is 5.82 Å². The molecule has 1 aliphatic rings. The number of sulfonamides is 1. The highest BCUT2D eigenvalue weighted by atomic mass is 32.2. The molecule has 1 aliphatic heterocycles. The maximum atomic E-state index is 13.1. The molecule has 1 saturated heterocycles. The van der Waals surface area contributed by atoms with Gasteiger partial charge in [-0.05, 0) is 69.5 Å². The van der Waals surface area contributed by atoms with Crippen LogP contribution in [0.3, 0.4) is 0 Å². The molecule has 5 nitrogen and oxygen atoms in total. The molecule has 1 fully saturated rings. The van der Waals surface area contributed by atoms with Crippen LogP contribution in [0.15, 0.2) is 53.4 Å². The lowest BCUT2D eigenvalue weighted by atomic mass is 9.96. The normalized spacial score (nSPS) is 20.3. The number of piperidine rings is 1. The molecule has 27 heavy (non-hydrogen) atoms. The monoisotopic (exact) mass is 390 g/mol. The van der Waals surface area contributed by atoms with E-state index >= 15 is 0 Å². The molecule has 1 amide bonds. The van der Waals surface area contributed by atoms with Gasteiger partial charge in [-0.25, -0.2) is 12.8 Å². The lowest BCUT2D eigenvalue weighted by Crippen LogP contribution is -2.47. The molecule has 2 atom stereocenters. The van der Waals surface area contributed by atoms with E-state index in [2.05, 4.69) is 4.72 Å². The van der Waals surface area contributed by atoms with Gasteiger partial charge in [0.05, 0.1) is 16.1 Å². The van der Waals surface area contributed by atoms with E-state index in [1.165, 1.54) is 12.1 Å². The van der Waals surface area contributed by atoms with Gasteiger partial charge >= 0.3 is 0 Å². The average molecular weight is 390 g/mol. The standard InChI is InChI=1S/C20H23FN2O3S/c1-14-6-5-7-15(2)23(14)20(24)18-8-3-4-9-19(18)22-27(25,26)17-12-10-16(21)11-13-17/h3-4,8-15,22H,5-7H2,1-2H3/t14-,15+. The van der Waals surface area contributed by atoms with Gasteiger partial charge < -0.3 is 4.90 Å². The van der Waals surface area contributed by atoms with E-state index in [9.17, 15) is 17.6 Å². The van der Waals surface area contributed by atoms with Crippen LogP contribution in [0.2, 0.25) is 0 Å². The zero-order valence-electron chi connectivity index (χ0n) is 15.4. The van der Waals surface area contributed by atoms with Crippen molar-refractivity contribution in [2.45, 2.75) is 50.1 Å². The van der Waals surface area contributed by atoms with Crippen molar-refractivity contribution in [3.63, 3.8) is 0 Å². The van der Waals surface area contributed by atoms with Crippen LogP contribution < -0.4 is 4.72 Å². The third-order valence-electron chi connectivity index (χ3n) is 4.95. The first-order valence-corrected chi connectivity index (χ1v) is 10.5. The van der Waals surface area contributed by atoms with Crippen LogP contribution >= 0.6 is 0 Å². The summed E-state index contributed by atoms with van der Waals surface area (Å²) < 4.78 is 40.8. The summed E-state index contributed by atoms with van der Waals surface area (Å²) in [5, 5.41) is 0. The number of nitrogens with zero attached hydrogens (tertiary/aromatic N) is 1. The Labute approximate surface area is 159 Å². The molecule has 1 N–H and O–H groups in total. The summed E-state index contributed by atoms with van der Waals surface area (Å²) in [6, 6.07) is 11.3. The van der Waals surface area contributed by atoms with E-state index in [1.807, 2.05) is 18.7 Å². The first kappa shape index (κ1) is 19.4. The molecule has 3 rings (SSSR count). The summed E-state index contributed by atoms with van der Waals surface area (Å²) in [6.45, 7) is 4.03. The number of carbonyl (C=O) groups is 1. The van der Waals surface area contributed by atoms with Gasteiger partial charge in [-0.1, -0.05) is 12.1 Å². The summed E-state index contributed by atoms with van der Waals surface area (Å²) in [5.74, 6) is -0.704. The molecular formula is C20H23FN2O3S. The molecule has 144 valence electrons. The zero-order valence-corrected chi connectivity index (χ0v) is 16.2. The summed E-state index contributed by atoms with van der Waals surface area (Å²) in [7, 11) is -3.93. The van der Waals surface area contributed by atoms with E-state index in [-0.39, 0.29) is 28.6 Å². The topological polar surface area (TPSA) is 66.5 Å². The molecule has 0 radical (unpaired) electrons. The minimum absolute atomic E-state index is 0.0640. The molecule has 2 aromatic rings. The number of hydrogen-bond acceptors (Lipinski definition) is 3. The number of para-hydroxylation sites is 1. The van der Waals surface area contributed by atoms with Crippen LogP contribution in [-0.4, -0.2) is 31.3 Å². The summed E-state index contributed by atoms with van der Waals surface area (Å²) in [6.07, 6.45) is 2.93. The Hall–Kier alpha value is -2.41. The van der Waals surface area contributed by atoms with Crippen LogP contribution in [0.1, 0.15) is 43.5 Å². The van der Waals surface area contributed by atoms with Gasteiger partial charge in [-0.15, -0.1) is 0 Å². The molecular weight excluding hydrogens is 367 g/mol. The number of halogens is 1. The highest BCUT2D eigenvalue weighted by Crippen LogP contribution is 2.28. The van der Waals surface area contributed by atoms with Crippen molar-refractivity contribution in [1.29, 1.82) is 0 Å². The molecule has 7 heteroatoms. The molecule has 2 aromatic carbocycles. The predicted octanol–water partition coefficient (Wildman–Crippen LogP) is 4.03. The number of amides is 1. The Balaban J connectivity index is 1.92. The third kappa shape index (κ3) is 4.13. The van der Waals surface area contributed by atoms with E-state index in [0.717, 1.165) is 31.4 Å². The summed E-state index contributed by atoms with van der Waals surface area (Å²) in [5.41, 5.74) is 0.528. The Morgan fingerprint density at radius 2 is 1.63 bits per heavy atom. The smallest absolute Gasteiger partial charge is 0.261 e. The molecule has 0 spiro atoms. The molecule has 0 bridgehead atoms. The second-order valence-corrected chi connectivity index (χ2v) is 8.63. The number of anilines is 1. The third-order valence-corrected chi connectivity index (χ3v) is 6.34. The Morgan fingerprint density at radius 3 is 2.26 bits per heavy atom. The lowest BCUT2D eigenvalue weighted by Gasteiger charge is -2.39. The van der Waals surface area contributed by atoms with Crippen LogP contribution in [0.5, 0.6) is 0 Å². The van der Waals surface area contributed by atoms with E-state index < -0.39 is 15.8 Å². The van der Waals surface area contributed by atoms with Crippen molar-refractivity contribution >= 4 is 21.6 Å². The fourth-order valence-electron chi connectivity index (χ4n) is 3.54. The molecule has 0 aliphatic carbocycles. The van der Waals surface area contributed by atoms with Crippen molar-refractivity contribution in [2.24, 2.45) is 0 Å². The Morgan fingerprint density at radius 1 is 1.04 bits per heavy atom. The molecule has 0 saturated carbocycles. The largest absolute Gasteiger partial charge is 0.333 e. The quantitative estimate of drug-likeness (QED) is 0.857. The van der Waals surface area contributed by atoms with Gasteiger partial charge in [0.15, 0.2) is 0 Å². The fraction of sp³-hybridized carbons (Fsp3) is 0.350. The van der Waals surface area contributed by atoms with Gasteiger partial charge in [-0.2, -0.15) is 0 Å². The van der Waals surface area contributed by atoms with E-state index in [4.69, 9.17) is 0 Å². The van der Waals surface area contributed by atoms with Crippen LogP contribution in [0.4, 0.5) is 10.1 Å². The Kier molecular flexibility index (Phi) is 5.51. The number of carbonyl (C=O) groups excluding carboxylic acids is 1. The predicted molar refractivity (Wildman–Crippen MR) is 103 cm³/mol. The van der Waals surface area contributed by atoms with Gasteiger partial charge in [-0.3, -0.25) is 9.52 Å². The van der Waals surface area contributed by atoms with Crippen molar-refractivity contribution in [3.8, 4) is 0 Å². The number of benzene rings is 2. The first-order chi connectivity index (χ1) is 12.8. The van der Waals surface area contributed by atoms with Crippen molar-refractivity contribution in [2.75, 3.05) is 4.72 Å². The fourth-order valence-corrected chi connectivity index (χ4v) is 4.62. The van der Waals surface area contributed by atoms with Crippen LogP contribution in [0.25, 0.3) is 0 Å². The van der Waals surface area contributed by atoms with Crippen molar-refractivity contribution < 1.29 is 17.6 Å². The summed E-state index contributed by atoms with van der Waals surface area (Å²) >= 11 is 0. The molecule has 0 aromatic heterocycles. The maximum Gasteiger partial charge on any atom is 0.261 e. The van der Waals surface area contributed by atoms with Gasteiger partial charge in [0, 0.05) is 12.1 Å². The average Bonchev–Trinajstić information content (AvgIpc) is 2.62. The second-order valence-electron chi connectivity index (χ2n) is 6.95. The SMILES string of the molecule is C[C@@H]1CCC[C@H](C)N1C(=O)c1ccccc1NS(=O)(=O)c1ccc(F)cc1. The zero-order chi connectivity index (χ0) is 19.6. The van der Waals surface area contributed by atoms with E-state index in [0.29, 0.717) is 5.56 Å². The van der Waals surface area contributed by atoms with Crippen LogP contribution in [0, 0.1) is 5.82 Å². The van der Waals surface area contributed by atoms with Gasteiger partial charge in [0.25, 0.3) is 15.9 Å². The molecule has 0 unspecified atom stereocenters.